The van der Waals surface area contributed by atoms with Crippen LogP contribution < -0.4 is 10.1 Å². The van der Waals surface area contributed by atoms with E-state index in [1.807, 2.05) is 6.92 Å². The van der Waals surface area contributed by atoms with Crippen molar-refractivity contribution < 1.29 is 14.3 Å². The summed E-state index contributed by atoms with van der Waals surface area (Å²) in [6.45, 7) is 2.37. The molecule has 5 rings (SSSR count). The standard InChI is InChI=1S/C26H32INO3/c1-26(16-30-25(29)28-26)20-10-13-22-19(15-20)9-14-23(24(22)27)31-21-11-7-18(8-12-21)17-5-3-2-4-6-17/h9-10,13-15,17-18,21H,2-8,11-12,16H2,1H3,(H,28,29). The van der Waals surface area contributed by atoms with E-state index in [1.165, 1.54) is 66.7 Å². The van der Waals surface area contributed by atoms with Crippen LogP contribution in [0, 0.1) is 15.4 Å². The number of rotatable bonds is 4. The number of amides is 1. The number of cyclic esters (lactones) is 1. The van der Waals surface area contributed by atoms with Gasteiger partial charge in [0, 0.05) is 0 Å². The third kappa shape index (κ3) is 4.39. The Morgan fingerprint density at radius 1 is 1.00 bits per heavy atom. The first-order valence-electron chi connectivity index (χ1n) is 11.9. The molecule has 2 aliphatic carbocycles. The van der Waals surface area contributed by atoms with E-state index in [0.717, 1.165) is 28.5 Å². The lowest BCUT2D eigenvalue weighted by atomic mass is 9.73. The summed E-state index contributed by atoms with van der Waals surface area (Å²) in [5, 5.41) is 5.30. The Hall–Kier alpha value is -1.50. The predicted octanol–water partition coefficient (Wildman–Crippen LogP) is 6.92. The van der Waals surface area contributed by atoms with Crippen molar-refractivity contribution in [3.8, 4) is 5.75 Å². The van der Waals surface area contributed by atoms with Crippen LogP contribution in [0.25, 0.3) is 10.8 Å². The predicted molar refractivity (Wildman–Crippen MR) is 131 cm³/mol. The summed E-state index contributed by atoms with van der Waals surface area (Å²) < 4.78 is 12.8. The number of benzene rings is 2. The molecular formula is C26H32INO3. The van der Waals surface area contributed by atoms with Gasteiger partial charge in [0.15, 0.2) is 0 Å². The molecule has 2 aromatic carbocycles. The minimum atomic E-state index is -0.469. The lowest BCUT2D eigenvalue weighted by molar-refractivity contribution is 0.0986. The van der Waals surface area contributed by atoms with Gasteiger partial charge in [-0.1, -0.05) is 50.3 Å². The Morgan fingerprint density at radius 2 is 1.74 bits per heavy atom. The zero-order chi connectivity index (χ0) is 21.4. The number of halogens is 1. The number of ether oxygens (including phenoxy) is 2. The topological polar surface area (TPSA) is 47.6 Å². The van der Waals surface area contributed by atoms with Gasteiger partial charge < -0.3 is 14.8 Å². The first-order valence-corrected chi connectivity index (χ1v) is 12.9. The van der Waals surface area contributed by atoms with Crippen molar-refractivity contribution in [3.05, 3.63) is 39.5 Å². The molecule has 0 bridgehead atoms. The lowest BCUT2D eigenvalue weighted by Gasteiger charge is -2.36. The molecule has 1 saturated heterocycles. The number of carbonyl (C=O) groups is 1. The zero-order valence-electron chi connectivity index (χ0n) is 18.3. The van der Waals surface area contributed by atoms with Gasteiger partial charge in [0.1, 0.15) is 12.4 Å². The highest BCUT2D eigenvalue weighted by atomic mass is 127. The Kier molecular flexibility index (Phi) is 6.06. The van der Waals surface area contributed by atoms with Crippen LogP contribution >= 0.6 is 22.6 Å². The highest BCUT2D eigenvalue weighted by Gasteiger charge is 2.36. The van der Waals surface area contributed by atoms with Crippen LogP contribution in [0.5, 0.6) is 5.75 Å². The molecule has 1 aliphatic heterocycles. The summed E-state index contributed by atoms with van der Waals surface area (Å²) in [4.78, 5) is 11.5. The number of alkyl carbamates (subject to hydrolysis) is 1. The second kappa shape index (κ2) is 8.80. The molecular weight excluding hydrogens is 501 g/mol. The maximum Gasteiger partial charge on any atom is 0.408 e. The zero-order valence-corrected chi connectivity index (χ0v) is 20.5. The van der Waals surface area contributed by atoms with Gasteiger partial charge in [-0.2, -0.15) is 0 Å². The monoisotopic (exact) mass is 533 g/mol. The Morgan fingerprint density at radius 3 is 2.45 bits per heavy atom. The van der Waals surface area contributed by atoms with Crippen LogP contribution in [0.1, 0.15) is 70.3 Å². The van der Waals surface area contributed by atoms with Crippen molar-refractivity contribution in [2.75, 3.05) is 6.61 Å². The number of hydrogen-bond donors (Lipinski definition) is 1. The first kappa shape index (κ1) is 21.4. The van der Waals surface area contributed by atoms with E-state index in [4.69, 9.17) is 9.47 Å². The molecule has 5 heteroatoms. The van der Waals surface area contributed by atoms with Gasteiger partial charge in [-0.05, 0) is 95.5 Å². The average molecular weight is 533 g/mol. The van der Waals surface area contributed by atoms with Crippen molar-refractivity contribution >= 4 is 39.5 Å². The van der Waals surface area contributed by atoms with Crippen LogP contribution in [0.4, 0.5) is 4.79 Å². The van der Waals surface area contributed by atoms with E-state index < -0.39 is 5.54 Å². The highest BCUT2D eigenvalue weighted by Crippen LogP contribution is 2.40. The first-order chi connectivity index (χ1) is 15.0. The van der Waals surface area contributed by atoms with Crippen LogP contribution in [-0.4, -0.2) is 18.8 Å². The minimum Gasteiger partial charge on any atom is -0.489 e. The number of nitrogens with one attached hydrogen (secondary N) is 1. The molecule has 2 aromatic rings. The quantitative estimate of drug-likeness (QED) is 0.435. The third-order valence-corrected chi connectivity index (χ3v) is 8.87. The summed E-state index contributed by atoms with van der Waals surface area (Å²) in [5.41, 5.74) is 0.597. The molecule has 0 spiro atoms. The van der Waals surface area contributed by atoms with Crippen LogP contribution in [0.15, 0.2) is 30.3 Å². The molecule has 1 atom stereocenters. The van der Waals surface area contributed by atoms with Crippen LogP contribution in [0.2, 0.25) is 0 Å². The molecule has 4 nitrogen and oxygen atoms in total. The van der Waals surface area contributed by atoms with Gasteiger partial charge in [-0.3, -0.25) is 0 Å². The molecule has 0 radical (unpaired) electrons. The van der Waals surface area contributed by atoms with E-state index in [2.05, 4.69) is 58.2 Å². The maximum absolute atomic E-state index is 11.5. The van der Waals surface area contributed by atoms with E-state index in [9.17, 15) is 4.79 Å². The Bertz CT molecular complexity index is 963. The third-order valence-electron chi connectivity index (χ3n) is 7.75. The van der Waals surface area contributed by atoms with Crippen molar-refractivity contribution in [1.82, 2.24) is 5.32 Å². The molecule has 1 N–H and O–H groups in total. The number of carbonyl (C=O) groups excluding carboxylic acids is 1. The molecule has 1 unspecified atom stereocenters. The minimum absolute atomic E-state index is 0.342. The Labute approximate surface area is 198 Å². The second-order valence-electron chi connectivity index (χ2n) is 9.90. The molecule has 3 fully saturated rings. The summed E-state index contributed by atoms with van der Waals surface area (Å²) in [7, 11) is 0. The fourth-order valence-corrected chi connectivity index (χ4v) is 6.63. The van der Waals surface area contributed by atoms with Gasteiger partial charge in [0.25, 0.3) is 0 Å². The fourth-order valence-electron chi connectivity index (χ4n) is 5.83. The molecule has 166 valence electrons. The molecule has 3 aliphatic rings. The summed E-state index contributed by atoms with van der Waals surface area (Å²) >= 11 is 2.42. The molecule has 1 amide bonds. The molecule has 31 heavy (non-hydrogen) atoms. The van der Waals surface area contributed by atoms with E-state index in [-0.39, 0.29) is 6.09 Å². The average Bonchev–Trinajstić information content (AvgIpc) is 3.16. The second-order valence-corrected chi connectivity index (χ2v) is 11.0. The normalized spacial score (nSPS) is 29.5. The summed E-state index contributed by atoms with van der Waals surface area (Å²) in [6, 6.07) is 10.7. The molecule has 0 aromatic heterocycles. The van der Waals surface area contributed by atoms with Crippen LogP contribution in [0.3, 0.4) is 0 Å². The van der Waals surface area contributed by atoms with E-state index in [1.54, 1.807) is 0 Å². The van der Waals surface area contributed by atoms with Crippen molar-refractivity contribution in [2.45, 2.75) is 76.4 Å². The van der Waals surface area contributed by atoms with Gasteiger partial charge in [-0.25, -0.2) is 4.79 Å². The van der Waals surface area contributed by atoms with Crippen molar-refractivity contribution in [1.29, 1.82) is 0 Å². The molecule has 2 saturated carbocycles. The van der Waals surface area contributed by atoms with Crippen LogP contribution in [-0.2, 0) is 10.3 Å². The number of fused-ring (bicyclic) bond motifs is 1. The summed E-state index contributed by atoms with van der Waals surface area (Å²) in [6.07, 6.45) is 12.3. The van der Waals surface area contributed by atoms with Gasteiger partial charge in [0.2, 0.25) is 0 Å². The maximum atomic E-state index is 11.5. The van der Waals surface area contributed by atoms with E-state index in [0.29, 0.717) is 12.7 Å². The lowest BCUT2D eigenvalue weighted by Crippen LogP contribution is -2.37. The van der Waals surface area contributed by atoms with Gasteiger partial charge in [-0.15, -0.1) is 0 Å². The Balaban J connectivity index is 1.27. The van der Waals surface area contributed by atoms with E-state index >= 15 is 0 Å². The SMILES string of the molecule is CC1(c2ccc3c(I)c(OC4CCC(C5CCCCC5)CC4)ccc3c2)COC(=O)N1. The number of hydrogen-bond acceptors (Lipinski definition) is 3. The van der Waals surface area contributed by atoms with Gasteiger partial charge >= 0.3 is 6.09 Å². The molecule has 1 heterocycles. The largest absolute Gasteiger partial charge is 0.489 e. The highest BCUT2D eigenvalue weighted by molar-refractivity contribution is 14.1. The van der Waals surface area contributed by atoms with Crippen molar-refractivity contribution in [3.63, 3.8) is 0 Å². The fraction of sp³-hybridized carbons (Fsp3) is 0.577. The van der Waals surface area contributed by atoms with Crippen molar-refractivity contribution in [2.24, 2.45) is 11.8 Å². The summed E-state index contributed by atoms with van der Waals surface area (Å²) in [5.74, 6) is 2.91. The smallest absolute Gasteiger partial charge is 0.408 e. The van der Waals surface area contributed by atoms with Gasteiger partial charge in [0.05, 0.1) is 15.2 Å².